The molecule has 1 aliphatic rings. The molecule has 0 N–H and O–H groups in total. The van der Waals surface area contributed by atoms with Crippen LogP contribution in [-0.2, 0) is 6.54 Å². The summed E-state index contributed by atoms with van der Waals surface area (Å²) < 4.78 is 0. The second kappa shape index (κ2) is 8.99. The van der Waals surface area contributed by atoms with Crippen LogP contribution >= 0.6 is 0 Å². The van der Waals surface area contributed by atoms with E-state index in [0.717, 1.165) is 41.8 Å². The number of hydrogen-bond donors (Lipinski definition) is 0. The Bertz CT molecular complexity index is 1070. The van der Waals surface area contributed by atoms with Crippen molar-refractivity contribution in [3.63, 3.8) is 0 Å². The summed E-state index contributed by atoms with van der Waals surface area (Å²) in [5.74, 6) is 0. The minimum Gasteiger partial charge on any atom is -0.282 e. The van der Waals surface area contributed by atoms with E-state index in [-0.39, 0.29) is 12.1 Å². The minimum atomic E-state index is 0.202. The Balaban J connectivity index is 1.81. The van der Waals surface area contributed by atoms with E-state index in [2.05, 4.69) is 56.9 Å². The highest BCUT2D eigenvalue weighted by Crippen LogP contribution is 2.43. The SMILES string of the molecule is Cc1cnc([C@H]2CCC[C@@H](c3ncc(C)cc3C)N2Cc2ccccc2C#N)c(C)c1. The topological polar surface area (TPSA) is 52.8 Å². The van der Waals surface area contributed by atoms with E-state index in [1.807, 2.05) is 30.6 Å². The molecule has 1 fully saturated rings. The summed E-state index contributed by atoms with van der Waals surface area (Å²) in [4.78, 5) is 12.3. The lowest BCUT2D eigenvalue weighted by Gasteiger charge is -2.42. The summed E-state index contributed by atoms with van der Waals surface area (Å²) in [6.45, 7) is 9.22. The third kappa shape index (κ3) is 4.38. The van der Waals surface area contributed by atoms with Gasteiger partial charge in [0.1, 0.15) is 0 Å². The molecule has 0 aliphatic carbocycles. The second-order valence-electron chi connectivity index (χ2n) is 8.83. The molecule has 0 saturated carbocycles. The summed E-state index contributed by atoms with van der Waals surface area (Å²) in [7, 11) is 0. The maximum atomic E-state index is 9.67. The van der Waals surface area contributed by atoms with E-state index in [4.69, 9.17) is 9.97 Å². The van der Waals surface area contributed by atoms with Gasteiger partial charge in [-0.1, -0.05) is 30.3 Å². The fourth-order valence-corrected chi connectivity index (χ4v) is 4.97. The van der Waals surface area contributed by atoms with Crippen LogP contribution in [0.2, 0.25) is 0 Å². The fourth-order valence-electron chi connectivity index (χ4n) is 4.97. The van der Waals surface area contributed by atoms with Gasteiger partial charge < -0.3 is 0 Å². The monoisotopic (exact) mass is 410 g/mol. The number of benzene rings is 1. The standard InChI is InChI=1S/C27H30N4/c1-18-12-20(3)26(29-15-18)24-10-7-11-25(27-21(4)13-19(2)16-30-27)31(24)17-23-9-6-5-8-22(23)14-28/h5-6,8-9,12-13,15-16,24-25H,7,10-11,17H2,1-4H3/t24-,25+. The lowest BCUT2D eigenvalue weighted by Crippen LogP contribution is -2.37. The Labute approximate surface area is 185 Å². The highest BCUT2D eigenvalue weighted by molar-refractivity contribution is 5.38. The zero-order chi connectivity index (χ0) is 22.0. The van der Waals surface area contributed by atoms with Gasteiger partial charge in [0.25, 0.3) is 0 Å². The number of piperidine rings is 1. The van der Waals surface area contributed by atoms with Crippen molar-refractivity contribution in [2.75, 3.05) is 0 Å². The number of hydrogen-bond acceptors (Lipinski definition) is 4. The number of aryl methyl sites for hydroxylation is 4. The van der Waals surface area contributed by atoms with Crippen LogP contribution in [0.4, 0.5) is 0 Å². The first-order valence-corrected chi connectivity index (χ1v) is 11.1. The lowest BCUT2D eigenvalue weighted by atomic mass is 9.87. The summed E-state index contributed by atoms with van der Waals surface area (Å²) in [5.41, 5.74) is 8.95. The van der Waals surface area contributed by atoms with Crippen molar-refractivity contribution in [1.82, 2.24) is 14.9 Å². The summed E-state index contributed by atoms with van der Waals surface area (Å²) >= 11 is 0. The van der Waals surface area contributed by atoms with Crippen LogP contribution in [-0.4, -0.2) is 14.9 Å². The first kappa shape index (κ1) is 21.2. The number of nitrogens with zero attached hydrogens (tertiary/aromatic N) is 4. The van der Waals surface area contributed by atoms with Crippen LogP contribution in [0.5, 0.6) is 0 Å². The van der Waals surface area contributed by atoms with E-state index in [0.29, 0.717) is 6.54 Å². The molecule has 3 heterocycles. The third-order valence-electron chi connectivity index (χ3n) is 6.39. The van der Waals surface area contributed by atoms with Crippen LogP contribution in [0.15, 0.2) is 48.8 Å². The number of aromatic nitrogens is 2. The third-order valence-corrected chi connectivity index (χ3v) is 6.39. The van der Waals surface area contributed by atoms with Gasteiger partial charge in [-0.15, -0.1) is 0 Å². The van der Waals surface area contributed by atoms with Gasteiger partial charge in [0.15, 0.2) is 0 Å². The van der Waals surface area contributed by atoms with Crippen molar-refractivity contribution in [3.8, 4) is 6.07 Å². The molecule has 4 nitrogen and oxygen atoms in total. The van der Waals surface area contributed by atoms with E-state index in [1.165, 1.54) is 22.3 Å². The number of pyridine rings is 2. The highest BCUT2D eigenvalue weighted by atomic mass is 15.2. The van der Waals surface area contributed by atoms with E-state index in [1.54, 1.807) is 0 Å². The maximum absolute atomic E-state index is 9.67. The number of nitriles is 1. The molecule has 158 valence electrons. The lowest BCUT2D eigenvalue weighted by molar-refractivity contribution is 0.0678. The van der Waals surface area contributed by atoms with Crippen LogP contribution in [0.1, 0.15) is 76.1 Å². The molecule has 4 heteroatoms. The maximum Gasteiger partial charge on any atom is 0.0995 e. The molecule has 2 atom stereocenters. The van der Waals surface area contributed by atoms with Gasteiger partial charge in [-0.2, -0.15) is 5.26 Å². The highest BCUT2D eigenvalue weighted by Gasteiger charge is 2.35. The minimum absolute atomic E-state index is 0.202. The summed E-state index contributed by atoms with van der Waals surface area (Å²) in [6, 6.07) is 15.2. The predicted molar refractivity (Wildman–Crippen MR) is 123 cm³/mol. The van der Waals surface area contributed by atoms with E-state index < -0.39 is 0 Å². The number of likely N-dealkylation sites (tertiary alicyclic amines) is 1. The molecular weight excluding hydrogens is 380 g/mol. The Morgan fingerprint density at radius 2 is 1.45 bits per heavy atom. The molecule has 2 aromatic heterocycles. The number of rotatable bonds is 4. The van der Waals surface area contributed by atoms with Gasteiger partial charge in [0.2, 0.25) is 0 Å². The van der Waals surface area contributed by atoms with Crippen LogP contribution in [0.25, 0.3) is 0 Å². The molecular formula is C27H30N4. The predicted octanol–water partition coefficient (Wildman–Crippen LogP) is 6.05. The molecule has 1 aliphatic heterocycles. The average molecular weight is 411 g/mol. The Morgan fingerprint density at radius 1 is 0.903 bits per heavy atom. The van der Waals surface area contributed by atoms with Gasteiger partial charge in [-0.25, -0.2) is 0 Å². The zero-order valence-corrected chi connectivity index (χ0v) is 18.9. The first-order chi connectivity index (χ1) is 15.0. The Kier molecular flexibility index (Phi) is 6.15. The van der Waals surface area contributed by atoms with E-state index >= 15 is 0 Å². The molecule has 3 aromatic rings. The molecule has 4 rings (SSSR count). The molecule has 0 bridgehead atoms. The molecule has 31 heavy (non-hydrogen) atoms. The summed E-state index contributed by atoms with van der Waals surface area (Å²) in [6.07, 6.45) is 7.21. The first-order valence-electron chi connectivity index (χ1n) is 11.1. The smallest absolute Gasteiger partial charge is 0.0995 e. The Morgan fingerprint density at radius 3 is 1.97 bits per heavy atom. The van der Waals surface area contributed by atoms with Gasteiger partial charge in [-0.05, 0) is 80.8 Å². The van der Waals surface area contributed by atoms with Crippen molar-refractivity contribution in [3.05, 3.63) is 93.6 Å². The molecule has 0 spiro atoms. The summed E-state index contributed by atoms with van der Waals surface area (Å²) in [5, 5.41) is 9.67. The van der Waals surface area contributed by atoms with Crippen LogP contribution in [0, 0.1) is 39.0 Å². The van der Waals surface area contributed by atoms with E-state index in [9.17, 15) is 5.26 Å². The van der Waals surface area contributed by atoms with Gasteiger partial charge in [-0.3, -0.25) is 14.9 Å². The molecule has 0 amide bonds. The Hall–Kier alpha value is -3.03. The largest absolute Gasteiger partial charge is 0.282 e. The van der Waals surface area contributed by atoms with Gasteiger partial charge >= 0.3 is 0 Å². The molecule has 0 radical (unpaired) electrons. The second-order valence-corrected chi connectivity index (χ2v) is 8.83. The van der Waals surface area contributed by atoms with Crippen LogP contribution < -0.4 is 0 Å². The van der Waals surface area contributed by atoms with Gasteiger partial charge in [0.05, 0.1) is 35.1 Å². The van der Waals surface area contributed by atoms with Crippen molar-refractivity contribution in [2.45, 2.75) is 65.6 Å². The van der Waals surface area contributed by atoms with Crippen molar-refractivity contribution in [1.29, 1.82) is 5.26 Å². The molecule has 0 unspecified atom stereocenters. The normalized spacial score (nSPS) is 19.2. The molecule has 1 aromatic carbocycles. The fraction of sp³-hybridized carbons (Fsp3) is 0.370. The van der Waals surface area contributed by atoms with Crippen molar-refractivity contribution >= 4 is 0 Å². The zero-order valence-electron chi connectivity index (χ0n) is 18.9. The van der Waals surface area contributed by atoms with Crippen LogP contribution in [0.3, 0.4) is 0 Å². The van der Waals surface area contributed by atoms with Crippen molar-refractivity contribution < 1.29 is 0 Å². The van der Waals surface area contributed by atoms with Crippen molar-refractivity contribution in [2.24, 2.45) is 0 Å². The molecule has 1 saturated heterocycles. The average Bonchev–Trinajstić information content (AvgIpc) is 2.75. The quantitative estimate of drug-likeness (QED) is 0.525. The van der Waals surface area contributed by atoms with Gasteiger partial charge in [0, 0.05) is 18.9 Å².